The Bertz CT molecular complexity index is 1450. The van der Waals surface area contributed by atoms with E-state index < -0.39 is 21.7 Å². The molecule has 0 saturated carbocycles. The third kappa shape index (κ3) is 6.72. The summed E-state index contributed by atoms with van der Waals surface area (Å²) < 4.78 is 47.7. The van der Waals surface area contributed by atoms with E-state index in [1.165, 1.54) is 48.5 Å². The van der Waals surface area contributed by atoms with Gasteiger partial charge in [-0.3, -0.25) is 4.79 Å². The number of carbonyl (C=O) groups is 1. The van der Waals surface area contributed by atoms with Gasteiger partial charge in [-0.25, -0.2) is 17.5 Å². The Balaban J connectivity index is 1.79. The minimum Gasteiger partial charge on any atom is -0.453 e. The van der Waals surface area contributed by atoms with Crippen LogP contribution in [0.25, 0.3) is 0 Å². The maximum absolute atomic E-state index is 15.2. The van der Waals surface area contributed by atoms with Gasteiger partial charge in [0.25, 0.3) is 0 Å². The largest absolute Gasteiger partial charge is 0.453 e. The molecule has 0 saturated heterocycles. The zero-order valence-electron chi connectivity index (χ0n) is 18.0. The molecule has 3 aromatic rings. The van der Waals surface area contributed by atoms with Crippen molar-refractivity contribution in [1.82, 2.24) is 4.72 Å². The number of ether oxygens (including phenoxy) is 1. The van der Waals surface area contributed by atoms with E-state index in [0.717, 1.165) is 0 Å². The average molecular weight is 601 g/mol. The number of carbonyl (C=O) groups excluding carboxylic acids is 1. The highest BCUT2D eigenvalue weighted by atomic mass is 79.9. The van der Waals surface area contributed by atoms with E-state index in [-0.39, 0.29) is 60.7 Å². The molecule has 0 spiro atoms. The number of nitriles is 1. The summed E-state index contributed by atoms with van der Waals surface area (Å²) in [5.74, 6) is -1.41. The average Bonchev–Trinajstić information content (AvgIpc) is 2.79. The SMILES string of the molecule is CCNS(=O)(=O)c1ccc(NC(=O)Cc2ccc(Br)c(Oc3cc(Cl)cc(C#N)c3)c2F)c(Cl)c1. The second kappa shape index (κ2) is 11.4. The molecule has 0 atom stereocenters. The third-order valence-electron chi connectivity index (χ3n) is 4.56. The van der Waals surface area contributed by atoms with Crippen LogP contribution in [-0.4, -0.2) is 20.9 Å². The first kappa shape index (κ1) is 26.9. The maximum Gasteiger partial charge on any atom is 0.240 e. The Morgan fingerprint density at radius 3 is 2.57 bits per heavy atom. The van der Waals surface area contributed by atoms with E-state index in [4.69, 9.17) is 33.2 Å². The molecule has 0 aromatic heterocycles. The molecule has 3 rings (SSSR count). The second-order valence-corrected chi connectivity index (χ2v) is 10.6. The van der Waals surface area contributed by atoms with E-state index in [9.17, 15) is 13.2 Å². The maximum atomic E-state index is 15.2. The van der Waals surface area contributed by atoms with Crippen molar-refractivity contribution in [2.75, 3.05) is 11.9 Å². The van der Waals surface area contributed by atoms with Gasteiger partial charge in [0.1, 0.15) is 5.75 Å². The molecule has 0 radical (unpaired) electrons. The number of hydrogen-bond acceptors (Lipinski definition) is 5. The lowest BCUT2D eigenvalue weighted by atomic mass is 10.1. The number of amides is 1. The number of sulfonamides is 1. The number of halogens is 4. The molecule has 0 fully saturated rings. The number of nitrogens with zero attached hydrogens (tertiary/aromatic N) is 1. The summed E-state index contributed by atoms with van der Waals surface area (Å²) in [6.45, 7) is 1.85. The fourth-order valence-electron chi connectivity index (χ4n) is 3.01. The molecule has 2 N–H and O–H groups in total. The van der Waals surface area contributed by atoms with Crippen molar-refractivity contribution in [2.24, 2.45) is 0 Å². The van der Waals surface area contributed by atoms with Crippen molar-refractivity contribution in [3.05, 3.63) is 80.0 Å². The van der Waals surface area contributed by atoms with Crippen molar-refractivity contribution < 1.29 is 22.3 Å². The normalized spacial score (nSPS) is 11.1. The highest BCUT2D eigenvalue weighted by Crippen LogP contribution is 2.36. The first-order valence-electron chi connectivity index (χ1n) is 9.98. The van der Waals surface area contributed by atoms with Gasteiger partial charge in [0.15, 0.2) is 11.6 Å². The Hall–Kier alpha value is -2.68. The van der Waals surface area contributed by atoms with Crippen molar-refractivity contribution in [1.29, 1.82) is 5.26 Å². The van der Waals surface area contributed by atoms with E-state index in [1.54, 1.807) is 6.92 Å². The molecule has 182 valence electrons. The first-order valence-corrected chi connectivity index (χ1v) is 13.0. The van der Waals surface area contributed by atoms with Crippen LogP contribution < -0.4 is 14.8 Å². The van der Waals surface area contributed by atoms with Crippen LogP contribution in [0.3, 0.4) is 0 Å². The number of benzene rings is 3. The molecule has 7 nitrogen and oxygen atoms in total. The third-order valence-corrected chi connectivity index (χ3v) is 7.26. The van der Waals surface area contributed by atoms with Gasteiger partial charge in [-0.15, -0.1) is 0 Å². The van der Waals surface area contributed by atoms with Gasteiger partial charge < -0.3 is 10.1 Å². The number of anilines is 1. The van der Waals surface area contributed by atoms with Gasteiger partial charge >= 0.3 is 0 Å². The highest BCUT2D eigenvalue weighted by molar-refractivity contribution is 9.10. The van der Waals surface area contributed by atoms with Crippen molar-refractivity contribution in [3.8, 4) is 17.6 Å². The number of hydrogen-bond donors (Lipinski definition) is 2. The quantitative estimate of drug-likeness (QED) is 0.328. The van der Waals surface area contributed by atoms with Gasteiger partial charge in [0.05, 0.1) is 38.1 Å². The molecule has 0 aliphatic rings. The van der Waals surface area contributed by atoms with Gasteiger partial charge in [-0.1, -0.05) is 36.2 Å². The molecule has 1 amide bonds. The lowest BCUT2D eigenvalue weighted by molar-refractivity contribution is -0.115. The summed E-state index contributed by atoms with van der Waals surface area (Å²) >= 11 is 15.3. The lowest BCUT2D eigenvalue weighted by Crippen LogP contribution is -2.23. The minimum absolute atomic E-state index is 0.00637. The van der Waals surface area contributed by atoms with Crippen LogP contribution >= 0.6 is 39.1 Å². The Kier molecular flexibility index (Phi) is 8.74. The standard InChI is InChI=1S/C23H17BrCl2FN3O4S/c1-2-29-35(32,33)17-4-6-20(19(26)11-17)30-21(31)9-14-3-5-18(24)23(22(14)27)34-16-8-13(12-28)7-15(25)10-16/h3-8,10-11,29H,2,9H2,1H3,(H,30,31). The van der Waals surface area contributed by atoms with Crippen molar-refractivity contribution in [2.45, 2.75) is 18.2 Å². The molecule has 0 heterocycles. The molecule has 0 aliphatic heterocycles. The predicted molar refractivity (Wildman–Crippen MR) is 135 cm³/mol. The molecular weight excluding hydrogens is 584 g/mol. The Morgan fingerprint density at radius 2 is 1.91 bits per heavy atom. The molecular formula is C23H17BrCl2FN3O4S. The molecule has 3 aromatic carbocycles. The Labute approximate surface area is 220 Å². The highest BCUT2D eigenvalue weighted by Gasteiger charge is 2.19. The summed E-state index contributed by atoms with van der Waals surface area (Å²) in [4.78, 5) is 12.5. The van der Waals surface area contributed by atoms with Crippen LogP contribution in [0.2, 0.25) is 10.0 Å². The van der Waals surface area contributed by atoms with E-state index in [2.05, 4.69) is 26.0 Å². The molecule has 0 bridgehead atoms. The van der Waals surface area contributed by atoms with Crippen LogP contribution in [0.15, 0.2) is 57.9 Å². The smallest absolute Gasteiger partial charge is 0.240 e. The summed E-state index contributed by atoms with van der Waals surface area (Å²) in [6.07, 6.45) is -0.359. The van der Waals surface area contributed by atoms with Crippen LogP contribution in [0.5, 0.6) is 11.5 Å². The van der Waals surface area contributed by atoms with E-state index in [0.29, 0.717) is 0 Å². The zero-order valence-corrected chi connectivity index (χ0v) is 21.9. The van der Waals surface area contributed by atoms with Gasteiger partial charge in [0.2, 0.25) is 15.9 Å². The van der Waals surface area contributed by atoms with Crippen molar-refractivity contribution >= 4 is 60.7 Å². The van der Waals surface area contributed by atoms with Crippen LogP contribution in [-0.2, 0) is 21.2 Å². The minimum atomic E-state index is -3.72. The van der Waals surface area contributed by atoms with Crippen LogP contribution in [0, 0.1) is 17.1 Å². The summed E-state index contributed by atoms with van der Waals surface area (Å²) in [5.41, 5.74) is 0.440. The second-order valence-electron chi connectivity index (χ2n) is 7.11. The number of rotatable bonds is 8. The monoisotopic (exact) mass is 599 g/mol. The van der Waals surface area contributed by atoms with Gasteiger partial charge in [0, 0.05) is 17.1 Å². The fraction of sp³-hybridized carbons (Fsp3) is 0.130. The van der Waals surface area contributed by atoms with Crippen LogP contribution in [0.1, 0.15) is 18.1 Å². The summed E-state index contributed by atoms with van der Waals surface area (Å²) in [5, 5.41) is 11.9. The van der Waals surface area contributed by atoms with E-state index in [1.807, 2.05) is 6.07 Å². The zero-order chi connectivity index (χ0) is 25.8. The molecule has 12 heteroatoms. The molecule has 35 heavy (non-hydrogen) atoms. The lowest BCUT2D eigenvalue weighted by Gasteiger charge is -2.13. The summed E-state index contributed by atoms with van der Waals surface area (Å²) in [7, 11) is -3.72. The van der Waals surface area contributed by atoms with Crippen molar-refractivity contribution in [3.63, 3.8) is 0 Å². The predicted octanol–water partition coefficient (Wildman–Crippen LogP) is 6.04. The number of nitrogens with one attached hydrogen (secondary N) is 2. The topological polar surface area (TPSA) is 108 Å². The van der Waals surface area contributed by atoms with E-state index >= 15 is 4.39 Å². The fourth-order valence-corrected chi connectivity index (χ4v) is 4.98. The molecule has 0 aliphatic carbocycles. The van der Waals surface area contributed by atoms with Gasteiger partial charge in [-0.2, -0.15) is 5.26 Å². The Morgan fingerprint density at radius 1 is 1.17 bits per heavy atom. The summed E-state index contributed by atoms with van der Waals surface area (Å²) in [6, 6.07) is 13.0. The van der Waals surface area contributed by atoms with Gasteiger partial charge in [-0.05, 0) is 58.4 Å². The molecule has 0 unspecified atom stereocenters. The first-order chi connectivity index (χ1) is 16.5. The van der Waals surface area contributed by atoms with Crippen LogP contribution in [0.4, 0.5) is 10.1 Å².